The number of amides is 1. The average Bonchev–Trinajstić information content (AvgIpc) is 2.46. The molecule has 2 saturated heterocycles. The maximum atomic E-state index is 12.1. The molecule has 0 saturated carbocycles. The Morgan fingerprint density at radius 1 is 1.21 bits per heavy atom. The molecular formula is C14H23NO4. The molecule has 0 aromatic carbocycles. The Hall–Kier alpha value is -1.10. The van der Waals surface area contributed by atoms with E-state index in [1.165, 1.54) is 6.42 Å². The summed E-state index contributed by atoms with van der Waals surface area (Å²) in [5.74, 6) is -1.09. The van der Waals surface area contributed by atoms with Crippen LogP contribution in [0.3, 0.4) is 0 Å². The van der Waals surface area contributed by atoms with Crippen molar-refractivity contribution in [3.8, 4) is 0 Å². The summed E-state index contributed by atoms with van der Waals surface area (Å²) >= 11 is 0. The second-order valence-corrected chi connectivity index (χ2v) is 5.54. The minimum atomic E-state index is -0.784. The van der Waals surface area contributed by atoms with E-state index in [0.717, 1.165) is 32.3 Å². The number of rotatable bonds is 4. The summed E-state index contributed by atoms with van der Waals surface area (Å²) in [6.07, 6.45) is 6.31. The van der Waals surface area contributed by atoms with Gasteiger partial charge in [0.05, 0.1) is 12.0 Å². The number of aliphatic carboxylic acids is 1. The second-order valence-electron chi connectivity index (χ2n) is 5.54. The van der Waals surface area contributed by atoms with Gasteiger partial charge in [-0.2, -0.15) is 0 Å². The van der Waals surface area contributed by atoms with Gasteiger partial charge < -0.3 is 14.7 Å². The molecule has 0 unspecified atom stereocenters. The van der Waals surface area contributed by atoms with Crippen molar-refractivity contribution in [2.75, 3.05) is 19.7 Å². The quantitative estimate of drug-likeness (QED) is 0.843. The van der Waals surface area contributed by atoms with Gasteiger partial charge >= 0.3 is 5.97 Å². The van der Waals surface area contributed by atoms with Crippen molar-refractivity contribution < 1.29 is 19.4 Å². The molecule has 19 heavy (non-hydrogen) atoms. The van der Waals surface area contributed by atoms with E-state index in [0.29, 0.717) is 25.9 Å². The molecule has 2 aliphatic rings. The van der Waals surface area contributed by atoms with E-state index in [9.17, 15) is 9.59 Å². The van der Waals surface area contributed by atoms with E-state index in [-0.39, 0.29) is 17.9 Å². The van der Waals surface area contributed by atoms with Crippen LogP contribution in [-0.2, 0) is 14.3 Å². The van der Waals surface area contributed by atoms with Crippen LogP contribution >= 0.6 is 0 Å². The van der Waals surface area contributed by atoms with Crippen LogP contribution in [0.25, 0.3) is 0 Å². The van der Waals surface area contributed by atoms with Crippen LogP contribution in [0.15, 0.2) is 0 Å². The lowest BCUT2D eigenvalue weighted by Gasteiger charge is -2.31. The van der Waals surface area contributed by atoms with Crippen LogP contribution in [0, 0.1) is 5.92 Å². The van der Waals surface area contributed by atoms with Crippen molar-refractivity contribution in [2.24, 2.45) is 5.92 Å². The molecule has 2 fully saturated rings. The van der Waals surface area contributed by atoms with Gasteiger partial charge in [-0.1, -0.05) is 0 Å². The molecule has 5 heteroatoms. The molecule has 0 aromatic rings. The van der Waals surface area contributed by atoms with Gasteiger partial charge in [-0.15, -0.1) is 0 Å². The topological polar surface area (TPSA) is 66.8 Å². The molecule has 0 aromatic heterocycles. The second kappa shape index (κ2) is 6.89. The Kier molecular flexibility index (Phi) is 5.19. The van der Waals surface area contributed by atoms with Crippen LogP contribution in [0.1, 0.15) is 44.9 Å². The highest BCUT2D eigenvalue weighted by Crippen LogP contribution is 2.20. The fourth-order valence-corrected chi connectivity index (χ4v) is 2.88. The maximum absolute atomic E-state index is 12.1. The van der Waals surface area contributed by atoms with E-state index < -0.39 is 5.97 Å². The maximum Gasteiger partial charge on any atom is 0.308 e. The van der Waals surface area contributed by atoms with Gasteiger partial charge in [0, 0.05) is 26.1 Å². The van der Waals surface area contributed by atoms with Crippen LogP contribution in [-0.4, -0.2) is 47.7 Å². The number of hydrogen-bond acceptors (Lipinski definition) is 3. The van der Waals surface area contributed by atoms with Gasteiger partial charge in [-0.25, -0.2) is 0 Å². The highest BCUT2D eigenvalue weighted by molar-refractivity contribution is 5.78. The first kappa shape index (κ1) is 14.3. The van der Waals surface area contributed by atoms with Crippen molar-refractivity contribution in [1.29, 1.82) is 0 Å². The third-order valence-electron chi connectivity index (χ3n) is 4.08. The molecule has 0 radical (unpaired) electrons. The number of carboxylic acid groups (broad SMARTS) is 1. The van der Waals surface area contributed by atoms with Crippen LogP contribution < -0.4 is 0 Å². The monoisotopic (exact) mass is 269 g/mol. The van der Waals surface area contributed by atoms with Crippen molar-refractivity contribution in [3.05, 3.63) is 0 Å². The number of carboxylic acids is 1. The van der Waals surface area contributed by atoms with Crippen molar-refractivity contribution in [2.45, 2.75) is 51.0 Å². The summed E-state index contributed by atoms with van der Waals surface area (Å²) < 4.78 is 5.61. The molecular weight excluding hydrogens is 246 g/mol. The highest BCUT2D eigenvalue weighted by Gasteiger charge is 2.28. The summed E-state index contributed by atoms with van der Waals surface area (Å²) in [6, 6.07) is 0. The summed E-state index contributed by atoms with van der Waals surface area (Å²) in [5.41, 5.74) is 0. The molecule has 2 heterocycles. The molecule has 1 amide bonds. The average molecular weight is 269 g/mol. The first-order valence-corrected chi connectivity index (χ1v) is 7.29. The Morgan fingerprint density at radius 2 is 2.05 bits per heavy atom. The Morgan fingerprint density at radius 3 is 2.74 bits per heavy atom. The number of carbonyl (C=O) groups excluding carboxylic acids is 1. The van der Waals surface area contributed by atoms with Crippen molar-refractivity contribution >= 4 is 11.9 Å². The van der Waals surface area contributed by atoms with Gasteiger partial charge in [-0.3, -0.25) is 9.59 Å². The lowest BCUT2D eigenvalue weighted by molar-refractivity contribution is -0.145. The van der Waals surface area contributed by atoms with E-state index in [2.05, 4.69) is 0 Å². The van der Waals surface area contributed by atoms with Crippen LogP contribution in [0.5, 0.6) is 0 Å². The van der Waals surface area contributed by atoms with Crippen LogP contribution in [0.4, 0.5) is 0 Å². The van der Waals surface area contributed by atoms with Crippen LogP contribution in [0.2, 0.25) is 0 Å². The predicted octanol–water partition coefficient (Wildman–Crippen LogP) is 1.66. The molecule has 108 valence electrons. The molecule has 2 aliphatic heterocycles. The van der Waals surface area contributed by atoms with Crippen molar-refractivity contribution in [3.63, 3.8) is 0 Å². The van der Waals surface area contributed by atoms with Gasteiger partial charge in [0.15, 0.2) is 0 Å². The molecule has 5 nitrogen and oxygen atoms in total. The largest absolute Gasteiger partial charge is 0.481 e. The number of likely N-dealkylation sites (tertiary alicyclic amines) is 1. The van der Waals surface area contributed by atoms with E-state index >= 15 is 0 Å². The summed E-state index contributed by atoms with van der Waals surface area (Å²) in [6.45, 7) is 1.89. The lowest BCUT2D eigenvalue weighted by Crippen LogP contribution is -2.42. The number of carbonyl (C=O) groups is 2. The number of ether oxygens (including phenoxy) is 1. The standard InChI is InChI=1S/C14H23NO4/c16-13(7-6-12-5-1-2-9-19-12)15-8-3-4-11(10-15)14(17)18/h11-12H,1-10H2,(H,17,18)/t11-,12+/m1/s1. The zero-order valence-electron chi connectivity index (χ0n) is 11.3. The SMILES string of the molecule is O=C(O)[C@@H]1CCCN(C(=O)CC[C@@H]2CCCCO2)C1. The Labute approximate surface area is 113 Å². The highest BCUT2D eigenvalue weighted by atomic mass is 16.5. The zero-order chi connectivity index (χ0) is 13.7. The molecule has 2 rings (SSSR count). The lowest BCUT2D eigenvalue weighted by atomic mass is 9.97. The molecule has 2 atom stereocenters. The minimum Gasteiger partial charge on any atom is -0.481 e. The van der Waals surface area contributed by atoms with E-state index in [1.54, 1.807) is 4.90 Å². The van der Waals surface area contributed by atoms with Gasteiger partial charge in [-0.05, 0) is 38.5 Å². The fourth-order valence-electron chi connectivity index (χ4n) is 2.88. The Balaban J connectivity index is 1.74. The van der Waals surface area contributed by atoms with E-state index in [1.807, 2.05) is 0 Å². The first-order chi connectivity index (χ1) is 9.16. The Bertz CT molecular complexity index is 325. The fraction of sp³-hybridized carbons (Fsp3) is 0.857. The van der Waals surface area contributed by atoms with E-state index in [4.69, 9.17) is 9.84 Å². The number of nitrogens with zero attached hydrogens (tertiary/aromatic N) is 1. The number of piperidine rings is 1. The predicted molar refractivity (Wildman–Crippen MR) is 69.8 cm³/mol. The molecule has 0 aliphatic carbocycles. The molecule has 0 bridgehead atoms. The molecule has 1 N–H and O–H groups in total. The summed E-state index contributed by atoms with van der Waals surface area (Å²) in [4.78, 5) is 24.8. The first-order valence-electron chi connectivity index (χ1n) is 7.29. The smallest absolute Gasteiger partial charge is 0.308 e. The third-order valence-corrected chi connectivity index (χ3v) is 4.08. The minimum absolute atomic E-state index is 0.0834. The van der Waals surface area contributed by atoms with Gasteiger partial charge in [0.2, 0.25) is 5.91 Å². The third kappa shape index (κ3) is 4.20. The van der Waals surface area contributed by atoms with Crippen molar-refractivity contribution in [1.82, 2.24) is 4.90 Å². The summed E-state index contributed by atoms with van der Waals surface area (Å²) in [7, 11) is 0. The number of hydrogen-bond donors (Lipinski definition) is 1. The van der Waals surface area contributed by atoms with Gasteiger partial charge in [0.25, 0.3) is 0 Å². The zero-order valence-corrected chi connectivity index (χ0v) is 11.3. The summed E-state index contributed by atoms with van der Waals surface area (Å²) in [5, 5.41) is 9.01. The molecule has 0 spiro atoms. The normalized spacial score (nSPS) is 28.1. The van der Waals surface area contributed by atoms with Gasteiger partial charge in [0.1, 0.15) is 0 Å².